The molecule has 0 radical (unpaired) electrons. The lowest BCUT2D eigenvalue weighted by molar-refractivity contribution is 0.458. The van der Waals surface area contributed by atoms with Crippen LogP contribution in [0.3, 0.4) is 0 Å². The number of benzene rings is 1. The van der Waals surface area contributed by atoms with Gasteiger partial charge in [0.1, 0.15) is 12.1 Å². The van der Waals surface area contributed by atoms with Crippen molar-refractivity contribution >= 4 is 27.5 Å². The fourth-order valence-corrected chi connectivity index (χ4v) is 6.71. The first-order valence-electron chi connectivity index (χ1n) is 11.9. The summed E-state index contributed by atoms with van der Waals surface area (Å²) < 4.78 is 30.8. The number of fused-ring (bicyclic) bond motifs is 2. The highest BCUT2D eigenvalue weighted by molar-refractivity contribution is 7.89. The van der Waals surface area contributed by atoms with Crippen LogP contribution in [-0.2, 0) is 36.3 Å². The van der Waals surface area contributed by atoms with Crippen molar-refractivity contribution in [3.05, 3.63) is 64.9 Å². The van der Waals surface area contributed by atoms with E-state index in [1.165, 1.54) is 16.7 Å². The van der Waals surface area contributed by atoms with Gasteiger partial charge in [-0.2, -0.15) is 5.10 Å². The molecule has 0 bridgehead atoms. The Bertz CT molecular complexity index is 1390. The van der Waals surface area contributed by atoms with E-state index in [4.69, 9.17) is 0 Å². The summed E-state index contributed by atoms with van der Waals surface area (Å²) in [6.45, 7) is 1.49. The Morgan fingerprint density at radius 2 is 1.91 bits per heavy atom. The second-order valence-electron chi connectivity index (χ2n) is 9.47. The highest BCUT2D eigenvalue weighted by Crippen LogP contribution is 2.35. The van der Waals surface area contributed by atoms with Crippen molar-refractivity contribution < 1.29 is 8.42 Å². The molecular weight excluding hydrogens is 448 g/mol. The standard InChI is InChI=1S/C25H28N6O2S/c1-30-15-20(14-28-30)19-12-23-24(13-19)26-16-27-25(23)31-9-7-21(8-10-31)29-34(32,33)22-6-5-17-3-2-4-18(17)11-22/h5-6,11-12,14-16,21,29H,2-4,7-10,13H2,1H3. The summed E-state index contributed by atoms with van der Waals surface area (Å²) in [5.41, 5.74) is 6.86. The Labute approximate surface area is 199 Å². The summed E-state index contributed by atoms with van der Waals surface area (Å²) in [6, 6.07) is 5.50. The van der Waals surface area contributed by atoms with Gasteiger partial charge in [0.2, 0.25) is 10.0 Å². The van der Waals surface area contributed by atoms with E-state index in [0.717, 1.165) is 74.3 Å². The van der Waals surface area contributed by atoms with Gasteiger partial charge < -0.3 is 4.90 Å². The predicted molar refractivity (Wildman–Crippen MR) is 131 cm³/mol. The molecule has 3 aliphatic rings. The third-order valence-corrected chi connectivity index (χ3v) is 8.71. The molecule has 8 nitrogen and oxygen atoms in total. The van der Waals surface area contributed by atoms with Gasteiger partial charge in [0.25, 0.3) is 0 Å². The fraction of sp³-hybridized carbons (Fsp3) is 0.400. The average molecular weight is 477 g/mol. The van der Waals surface area contributed by atoms with Crippen LogP contribution in [0.15, 0.2) is 41.8 Å². The van der Waals surface area contributed by atoms with Crippen LogP contribution in [-0.4, -0.2) is 47.3 Å². The highest BCUT2D eigenvalue weighted by Gasteiger charge is 2.29. The second kappa shape index (κ2) is 8.32. The van der Waals surface area contributed by atoms with E-state index in [1.807, 2.05) is 31.6 Å². The zero-order valence-corrected chi connectivity index (χ0v) is 20.1. The SMILES string of the molecule is Cn1cc(C2=Cc3c(ncnc3N3CCC(NS(=O)(=O)c4ccc5c(c4)CCC5)CC3)C2)cn1. The summed E-state index contributed by atoms with van der Waals surface area (Å²) in [5.74, 6) is 0.934. The normalized spacial score (nSPS) is 18.1. The van der Waals surface area contributed by atoms with Crippen LogP contribution in [0.2, 0.25) is 0 Å². The highest BCUT2D eigenvalue weighted by atomic mass is 32.2. The maximum absolute atomic E-state index is 13.0. The van der Waals surface area contributed by atoms with Gasteiger partial charge in [0.15, 0.2) is 0 Å². The van der Waals surface area contributed by atoms with Gasteiger partial charge in [0.05, 0.1) is 16.8 Å². The number of anilines is 1. The van der Waals surface area contributed by atoms with Crippen molar-refractivity contribution in [2.75, 3.05) is 18.0 Å². The molecule has 1 aromatic carbocycles. The van der Waals surface area contributed by atoms with Crippen LogP contribution < -0.4 is 9.62 Å². The van der Waals surface area contributed by atoms with Gasteiger partial charge in [-0.05, 0) is 67.0 Å². The number of aryl methyl sites for hydroxylation is 3. The van der Waals surface area contributed by atoms with Crippen molar-refractivity contribution in [2.24, 2.45) is 7.05 Å². The molecule has 3 heterocycles. The van der Waals surface area contributed by atoms with Crippen molar-refractivity contribution in [3.8, 4) is 0 Å². The Hall–Kier alpha value is -3.04. The maximum atomic E-state index is 13.0. The molecule has 1 N–H and O–H groups in total. The molecule has 1 saturated heterocycles. The first kappa shape index (κ1) is 21.5. The predicted octanol–water partition coefficient (Wildman–Crippen LogP) is 2.74. The Kier molecular flexibility index (Phi) is 5.26. The van der Waals surface area contributed by atoms with Gasteiger partial charge in [-0.3, -0.25) is 4.68 Å². The van der Waals surface area contributed by atoms with Crippen LogP contribution in [0.4, 0.5) is 5.82 Å². The summed E-state index contributed by atoms with van der Waals surface area (Å²) in [5, 5.41) is 4.29. The first-order chi connectivity index (χ1) is 16.5. The summed E-state index contributed by atoms with van der Waals surface area (Å²) in [4.78, 5) is 11.7. The lowest BCUT2D eigenvalue weighted by Gasteiger charge is -2.33. The summed E-state index contributed by atoms with van der Waals surface area (Å²) in [6.07, 6.45) is 13.1. The third kappa shape index (κ3) is 3.92. The Morgan fingerprint density at radius 3 is 2.71 bits per heavy atom. The maximum Gasteiger partial charge on any atom is 0.240 e. The van der Waals surface area contributed by atoms with E-state index in [1.54, 1.807) is 17.1 Å². The van der Waals surface area contributed by atoms with E-state index in [2.05, 4.69) is 30.8 Å². The molecule has 0 unspecified atom stereocenters. The van der Waals surface area contributed by atoms with E-state index < -0.39 is 10.0 Å². The summed E-state index contributed by atoms with van der Waals surface area (Å²) in [7, 11) is -1.60. The van der Waals surface area contributed by atoms with E-state index in [-0.39, 0.29) is 6.04 Å². The molecule has 6 rings (SSSR count). The van der Waals surface area contributed by atoms with Crippen molar-refractivity contribution in [3.63, 3.8) is 0 Å². The average Bonchev–Trinajstić information content (AvgIpc) is 3.57. The van der Waals surface area contributed by atoms with E-state index in [9.17, 15) is 8.42 Å². The zero-order chi connectivity index (χ0) is 23.3. The molecule has 34 heavy (non-hydrogen) atoms. The molecule has 3 aromatic rings. The molecule has 0 spiro atoms. The molecule has 176 valence electrons. The number of rotatable bonds is 5. The van der Waals surface area contributed by atoms with Gasteiger partial charge in [-0.25, -0.2) is 23.1 Å². The fourth-order valence-electron chi connectivity index (χ4n) is 5.35. The topological polar surface area (TPSA) is 93.0 Å². The van der Waals surface area contributed by atoms with Crippen molar-refractivity contribution in [1.29, 1.82) is 0 Å². The van der Waals surface area contributed by atoms with Crippen molar-refractivity contribution in [1.82, 2.24) is 24.5 Å². The molecule has 1 aliphatic heterocycles. The molecule has 2 aliphatic carbocycles. The van der Waals surface area contributed by atoms with Crippen LogP contribution in [0.5, 0.6) is 0 Å². The zero-order valence-electron chi connectivity index (χ0n) is 19.2. The number of hydrogen-bond acceptors (Lipinski definition) is 6. The van der Waals surface area contributed by atoms with Gasteiger partial charge in [-0.15, -0.1) is 0 Å². The van der Waals surface area contributed by atoms with E-state index >= 15 is 0 Å². The van der Waals surface area contributed by atoms with Crippen LogP contribution in [0.1, 0.15) is 47.2 Å². The minimum absolute atomic E-state index is 0.0779. The molecular formula is C25H28N6O2S. The molecule has 2 aromatic heterocycles. The van der Waals surface area contributed by atoms with Crippen LogP contribution in [0.25, 0.3) is 11.6 Å². The minimum Gasteiger partial charge on any atom is -0.356 e. The number of hydrogen-bond donors (Lipinski definition) is 1. The molecule has 0 atom stereocenters. The lowest BCUT2D eigenvalue weighted by Crippen LogP contribution is -2.45. The van der Waals surface area contributed by atoms with Gasteiger partial charge in [0, 0.05) is 49.9 Å². The van der Waals surface area contributed by atoms with Crippen molar-refractivity contribution in [2.45, 2.75) is 49.5 Å². The quantitative estimate of drug-likeness (QED) is 0.609. The molecule has 0 amide bonds. The number of sulfonamides is 1. The number of piperidine rings is 1. The second-order valence-corrected chi connectivity index (χ2v) is 11.2. The molecule has 1 fully saturated rings. The monoisotopic (exact) mass is 476 g/mol. The number of allylic oxidation sites excluding steroid dienone is 1. The summed E-state index contributed by atoms with van der Waals surface area (Å²) >= 11 is 0. The molecule has 9 heteroatoms. The van der Waals surface area contributed by atoms with Gasteiger partial charge in [-0.1, -0.05) is 6.07 Å². The first-order valence-corrected chi connectivity index (χ1v) is 13.4. The van der Waals surface area contributed by atoms with Crippen LogP contribution >= 0.6 is 0 Å². The Morgan fingerprint density at radius 1 is 1.09 bits per heavy atom. The minimum atomic E-state index is -3.52. The number of nitrogens with zero attached hydrogens (tertiary/aromatic N) is 5. The van der Waals surface area contributed by atoms with E-state index in [0.29, 0.717) is 4.90 Å². The van der Waals surface area contributed by atoms with Gasteiger partial charge >= 0.3 is 0 Å². The largest absolute Gasteiger partial charge is 0.356 e. The smallest absolute Gasteiger partial charge is 0.240 e. The lowest BCUT2D eigenvalue weighted by atomic mass is 10.1. The number of aromatic nitrogens is 4. The number of nitrogens with one attached hydrogen (secondary N) is 1. The Balaban J connectivity index is 1.15. The third-order valence-electron chi connectivity index (χ3n) is 7.19. The van der Waals surface area contributed by atoms with Crippen LogP contribution in [0, 0.1) is 0 Å². The molecule has 0 saturated carbocycles.